The number of ketones is 1. The van der Waals surface area contributed by atoms with Gasteiger partial charge in [0.1, 0.15) is 5.40 Å². The highest BCUT2D eigenvalue weighted by atomic mass is 35.5. The molecule has 288 valence electrons. The molecule has 9 nitrogen and oxygen atoms in total. The number of thiazole rings is 1. The average molecular weight is 861 g/mol. The lowest BCUT2D eigenvalue weighted by Gasteiger charge is -2.15. The molecule has 3 N–H and O–H groups in total. The third kappa shape index (κ3) is 15.5. The minimum atomic E-state index is -0.297. The largest absolute Gasteiger partial charge is 0.469 e. The van der Waals surface area contributed by atoms with Crippen LogP contribution in [0.25, 0.3) is 11.3 Å². The van der Waals surface area contributed by atoms with Crippen molar-refractivity contribution in [3.05, 3.63) is 139 Å². The maximum atomic E-state index is 12.1. The van der Waals surface area contributed by atoms with Gasteiger partial charge in [-0.1, -0.05) is 113 Å². The highest BCUT2D eigenvalue weighted by Crippen LogP contribution is 2.31. The molecule has 55 heavy (non-hydrogen) atoms. The monoisotopic (exact) mass is 858 g/mol. The summed E-state index contributed by atoms with van der Waals surface area (Å²) in [5.41, 5.74) is 9.86. The fourth-order valence-corrected chi connectivity index (χ4v) is 6.52. The van der Waals surface area contributed by atoms with E-state index in [0.717, 1.165) is 39.3 Å². The molecule has 0 bridgehead atoms. The Hall–Kier alpha value is -4.12. The van der Waals surface area contributed by atoms with Crippen molar-refractivity contribution in [1.82, 2.24) is 4.98 Å². The van der Waals surface area contributed by atoms with Crippen LogP contribution in [0.2, 0.25) is 20.1 Å². The number of hydrogen-bond acceptors (Lipinski definition) is 11. The number of rotatable bonds is 14. The minimum absolute atomic E-state index is 0.130. The van der Waals surface area contributed by atoms with Gasteiger partial charge in [-0.15, -0.1) is 11.3 Å². The second-order valence-corrected chi connectivity index (χ2v) is 14.8. The third-order valence-corrected chi connectivity index (χ3v) is 10.5. The van der Waals surface area contributed by atoms with E-state index in [0.29, 0.717) is 51.6 Å². The number of esters is 2. The number of nitrogens with one attached hydrogen (secondary N) is 1. The molecule has 0 fully saturated rings. The summed E-state index contributed by atoms with van der Waals surface area (Å²) in [6.07, 6.45) is 1.25. The first-order valence-corrected chi connectivity index (χ1v) is 19.9. The highest BCUT2D eigenvalue weighted by molar-refractivity contribution is 8.04. The summed E-state index contributed by atoms with van der Waals surface area (Å²) in [4.78, 5) is 39.3. The fraction of sp³-hybridized carbons (Fsp3) is 0.225. The molecule has 1 aromatic heterocycles. The second-order valence-electron chi connectivity index (χ2n) is 11.5. The van der Waals surface area contributed by atoms with Gasteiger partial charge in [-0.2, -0.15) is 5.26 Å². The Kier molecular flexibility index (Phi) is 20.1. The van der Waals surface area contributed by atoms with Crippen molar-refractivity contribution in [3.63, 3.8) is 0 Å². The fourth-order valence-electron chi connectivity index (χ4n) is 4.84. The number of anilines is 1. The zero-order chi connectivity index (χ0) is 40.2. The Bertz CT molecular complexity index is 2030. The normalized spacial score (nSPS) is 11.3. The number of thiocyanates is 1. The Labute approximate surface area is 349 Å². The lowest BCUT2D eigenvalue weighted by atomic mass is 9.99. The molecule has 0 amide bonds. The topological polar surface area (TPSA) is 144 Å². The van der Waals surface area contributed by atoms with E-state index in [1.54, 1.807) is 24.3 Å². The molecule has 0 saturated carbocycles. The van der Waals surface area contributed by atoms with E-state index in [2.05, 4.69) is 15.0 Å². The smallest absolute Gasteiger partial charge is 0.310 e. The van der Waals surface area contributed by atoms with Crippen LogP contribution in [-0.2, 0) is 31.9 Å². The van der Waals surface area contributed by atoms with Gasteiger partial charge in [0.2, 0.25) is 0 Å². The van der Waals surface area contributed by atoms with Crippen molar-refractivity contribution in [3.8, 4) is 16.7 Å². The SMILES string of the molecule is COC(=O)C(CN)Cc1ccccc1.COC(=O)C(CNc1nc(-c2ccc(Cl)c(Cl)c2)cs1)Cc1ccccc1.N#CSCC(=O)c1ccc(Cl)c(Cl)c1. The number of carbonyl (C=O) groups excluding carboxylic acids is 3. The number of Topliss-reactive ketones (excluding diaryl/α,β-unsaturated/α-hetero) is 1. The first-order valence-electron chi connectivity index (χ1n) is 16.6. The molecule has 1 heterocycles. The summed E-state index contributed by atoms with van der Waals surface area (Å²) in [6.45, 7) is 0.761. The molecule has 0 aliphatic rings. The van der Waals surface area contributed by atoms with E-state index in [1.165, 1.54) is 31.6 Å². The van der Waals surface area contributed by atoms with E-state index >= 15 is 0 Å². The zero-order valence-corrected chi connectivity index (χ0v) is 34.5. The number of nitriles is 1. The molecular weight excluding hydrogens is 822 g/mol. The molecule has 4 aromatic carbocycles. The number of benzene rings is 4. The van der Waals surface area contributed by atoms with Crippen molar-refractivity contribution in [1.29, 1.82) is 5.26 Å². The van der Waals surface area contributed by atoms with Crippen LogP contribution in [0.3, 0.4) is 0 Å². The summed E-state index contributed by atoms with van der Waals surface area (Å²) in [5.74, 6) is -1.01. The lowest BCUT2D eigenvalue weighted by molar-refractivity contribution is -0.145. The lowest BCUT2D eigenvalue weighted by Crippen LogP contribution is -2.26. The molecule has 0 aliphatic carbocycles. The summed E-state index contributed by atoms with van der Waals surface area (Å²) < 4.78 is 9.61. The van der Waals surface area contributed by atoms with E-state index < -0.39 is 0 Å². The van der Waals surface area contributed by atoms with Crippen molar-refractivity contribution in [2.45, 2.75) is 12.8 Å². The third-order valence-electron chi connectivity index (χ3n) is 7.73. The molecular formula is C40H38Cl4N4O5S2. The molecule has 0 radical (unpaired) electrons. The van der Waals surface area contributed by atoms with E-state index in [-0.39, 0.29) is 35.3 Å². The Morgan fingerprint density at radius 2 is 1.35 bits per heavy atom. The summed E-state index contributed by atoms with van der Waals surface area (Å²) in [6, 6.07) is 29.7. The highest BCUT2D eigenvalue weighted by Gasteiger charge is 2.20. The van der Waals surface area contributed by atoms with Gasteiger partial charge in [-0.05, 0) is 66.1 Å². The average Bonchev–Trinajstić information content (AvgIpc) is 3.69. The van der Waals surface area contributed by atoms with Crippen LogP contribution in [-0.4, -0.2) is 55.8 Å². The molecule has 0 aliphatic heterocycles. The van der Waals surface area contributed by atoms with Crippen LogP contribution < -0.4 is 11.1 Å². The molecule has 2 unspecified atom stereocenters. The molecule has 15 heteroatoms. The van der Waals surface area contributed by atoms with Crippen LogP contribution in [0.1, 0.15) is 21.5 Å². The molecule has 0 spiro atoms. The number of hydrogen-bond donors (Lipinski definition) is 2. The second kappa shape index (κ2) is 24.4. The number of ether oxygens (including phenoxy) is 2. The van der Waals surface area contributed by atoms with Gasteiger partial charge >= 0.3 is 11.9 Å². The predicted molar refractivity (Wildman–Crippen MR) is 225 cm³/mol. The number of thioether (sulfide) groups is 1. The van der Waals surface area contributed by atoms with Crippen LogP contribution in [0.15, 0.2) is 102 Å². The number of aromatic nitrogens is 1. The van der Waals surface area contributed by atoms with E-state index in [1.807, 2.05) is 77.5 Å². The van der Waals surface area contributed by atoms with Gasteiger partial charge in [-0.25, -0.2) is 4.98 Å². The molecule has 5 rings (SSSR count). The number of nitrogens with zero attached hydrogens (tertiary/aromatic N) is 2. The van der Waals surface area contributed by atoms with Crippen LogP contribution >= 0.6 is 69.5 Å². The maximum absolute atomic E-state index is 12.1. The number of methoxy groups -OCH3 is 2. The van der Waals surface area contributed by atoms with Crippen LogP contribution in [0.5, 0.6) is 0 Å². The molecule has 5 aromatic rings. The maximum Gasteiger partial charge on any atom is 0.310 e. The van der Waals surface area contributed by atoms with E-state index in [4.69, 9.17) is 62.1 Å². The Morgan fingerprint density at radius 3 is 1.87 bits per heavy atom. The number of carbonyl (C=O) groups is 3. The van der Waals surface area contributed by atoms with Gasteiger partial charge in [0.25, 0.3) is 0 Å². The standard InChI is InChI=1S/C20H18Cl2N2O2S.C11H15NO2.C9H5Cl2NOS/c1-26-19(25)15(9-13-5-3-2-4-6-13)11-23-20-24-18(12-27-20)14-7-8-16(21)17(22)10-14;1-14-11(13)10(8-12)7-9-5-3-2-4-6-9;10-7-2-1-6(3-8(7)11)9(13)4-14-5-12/h2-8,10,12,15H,9,11H2,1H3,(H,23,24);2-6,10H,7-8,12H2,1H3;1-3H,4H2. The van der Waals surface area contributed by atoms with Crippen molar-refractivity contribution >= 4 is 92.4 Å². The van der Waals surface area contributed by atoms with Crippen LogP contribution in [0, 0.1) is 22.5 Å². The first-order chi connectivity index (χ1) is 26.5. The zero-order valence-electron chi connectivity index (χ0n) is 29.8. The quantitative estimate of drug-likeness (QED) is 0.0629. The summed E-state index contributed by atoms with van der Waals surface area (Å²) >= 11 is 25.8. The van der Waals surface area contributed by atoms with E-state index in [9.17, 15) is 14.4 Å². The van der Waals surface area contributed by atoms with Gasteiger partial charge < -0.3 is 20.5 Å². The minimum Gasteiger partial charge on any atom is -0.469 e. The Balaban J connectivity index is 0.000000245. The van der Waals surface area contributed by atoms with Gasteiger partial charge in [-0.3, -0.25) is 14.4 Å². The number of halogens is 4. The van der Waals surface area contributed by atoms with Crippen molar-refractivity contribution in [2.24, 2.45) is 17.6 Å². The molecule has 0 saturated heterocycles. The van der Waals surface area contributed by atoms with Crippen molar-refractivity contribution < 1.29 is 23.9 Å². The number of nitrogens with two attached hydrogens (primary N) is 1. The molecule has 2 atom stereocenters. The van der Waals surface area contributed by atoms with Crippen molar-refractivity contribution in [2.75, 3.05) is 38.4 Å². The van der Waals surface area contributed by atoms with Gasteiger partial charge in [0, 0.05) is 29.6 Å². The van der Waals surface area contributed by atoms with Gasteiger partial charge in [0.05, 0.1) is 57.6 Å². The van der Waals surface area contributed by atoms with Crippen LogP contribution in [0.4, 0.5) is 5.13 Å². The summed E-state index contributed by atoms with van der Waals surface area (Å²) in [7, 11) is 2.79. The predicted octanol–water partition coefficient (Wildman–Crippen LogP) is 9.93. The first kappa shape index (κ1) is 45.3. The van der Waals surface area contributed by atoms with Gasteiger partial charge in [0.15, 0.2) is 10.9 Å². The summed E-state index contributed by atoms with van der Waals surface area (Å²) in [5, 5.41) is 17.8. The Morgan fingerprint density at radius 1 is 0.800 bits per heavy atom.